The molecule has 1 aromatic carbocycles. The Labute approximate surface area is 124 Å². The number of hydrogen-bond acceptors (Lipinski definition) is 5. The van der Waals surface area contributed by atoms with Gasteiger partial charge in [0.15, 0.2) is 5.96 Å². The van der Waals surface area contributed by atoms with Crippen LogP contribution in [0.15, 0.2) is 35.1 Å². The van der Waals surface area contributed by atoms with Gasteiger partial charge in [-0.25, -0.2) is 0 Å². The molecule has 0 aromatic heterocycles. The number of guanidine groups is 1. The molecule has 6 nitrogen and oxygen atoms in total. The van der Waals surface area contributed by atoms with Crippen LogP contribution in [0.1, 0.15) is 22.7 Å². The third kappa shape index (κ3) is 3.75. The van der Waals surface area contributed by atoms with E-state index >= 15 is 0 Å². The minimum Gasteiger partial charge on any atom is -0.370 e. The lowest BCUT2D eigenvalue weighted by Gasteiger charge is -2.24. The number of benzene rings is 1. The van der Waals surface area contributed by atoms with Crippen molar-refractivity contribution in [1.82, 2.24) is 16.0 Å². The summed E-state index contributed by atoms with van der Waals surface area (Å²) in [5.41, 5.74) is 9.52. The van der Waals surface area contributed by atoms with Gasteiger partial charge in [-0.2, -0.15) is 4.99 Å². The Morgan fingerprint density at radius 2 is 2.19 bits per heavy atom. The summed E-state index contributed by atoms with van der Waals surface area (Å²) in [5.74, 6) is 1.10. The second-order valence-corrected chi connectivity index (χ2v) is 4.96. The highest BCUT2D eigenvalue weighted by molar-refractivity contribution is 5.80. The van der Waals surface area contributed by atoms with Gasteiger partial charge in [0.25, 0.3) is 0 Å². The summed E-state index contributed by atoms with van der Waals surface area (Å²) in [5, 5.41) is 8.92. The molecule has 0 aliphatic carbocycles. The fourth-order valence-electron chi connectivity index (χ4n) is 2.26. The van der Waals surface area contributed by atoms with Crippen LogP contribution in [0, 0.1) is 13.8 Å². The van der Waals surface area contributed by atoms with Crippen LogP contribution >= 0.6 is 0 Å². The van der Waals surface area contributed by atoms with Crippen LogP contribution < -0.4 is 21.7 Å². The normalized spacial score (nSPS) is 17.3. The largest absolute Gasteiger partial charge is 0.370 e. The van der Waals surface area contributed by atoms with E-state index in [0.717, 1.165) is 0 Å². The van der Waals surface area contributed by atoms with Crippen LogP contribution in [0.4, 0.5) is 0 Å². The molecule has 1 heterocycles. The highest BCUT2D eigenvalue weighted by Crippen LogP contribution is 2.23. The molecule has 1 aromatic rings. The zero-order valence-electron chi connectivity index (χ0n) is 12.3. The quantitative estimate of drug-likeness (QED) is 0.451. The Bertz CT molecular complexity index is 579. The van der Waals surface area contributed by atoms with Gasteiger partial charge in [-0.1, -0.05) is 18.2 Å². The monoisotopic (exact) mass is 287 g/mol. The molecule has 112 valence electrons. The second kappa shape index (κ2) is 6.78. The van der Waals surface area contributed by atoms with Crippen molar-refractivity contribution in [3.05, 3.63) is 46.8 Å². The number of nitrogens with one attached hydrogen (secondary N) is 3. The molecule has 2 rings (SSSR count). The molecule has 0 bridgehead atoms. The van der Waals surface area contributed by atoms with E-state index < -0.39 is 0 Å². The van der Waals surface area contributed by atoms with Gasteiger partial charge in [0.1, 0.15) is 5.82 Å². The molecule has 6 heteroatoms. The van der Waals surface area contributed by atoms with Crippen LogP contribution in [-0.2, 0) is 4.79 Å². The van der Waals surface area contributed by atoms with Crippen LogP contribution in [0.25, 0.3) is 0 Å². The summed E-state index contributed by atoms with van der Waals surface area (Å²) in [6.45, 7) is 5.33. The molecule has 5 N–H and O–H groups in total. The Morgan fingerprint density at radius 3 is 2.95 bits per heavy atom. The Hall–Kier alpha value is -2.50. The number of rotatable bonds is 6. The van der Waals surface area contributed by atoms with Crippen molar-refractivity contribution < 1.29 is 4.79 Å². The number of aliphatic imine (C=N–C) groups is 1. The molecule has 1 atom stereocenters. The van der Waals surface area contributed by atoms with E-state index in [1.54, 1.807) is 0 Å². The summed E-state index contributed by atoms with van der Waals surface area (Å²) in [6, 6.07) is 6.20. The van der Waals surface area contributed by atoms with Gasteiger partial charge < -0.3 is 21.7 Å². The van der Waals surface area contributed by atoms with Crippen LogP contribution in [-0.4, -0.2) is 25.5 Å². The van der Waals surface area contributed by atoms with Gasteiger partial charge in [0.2, 0.25) is 6.41 Å². The van der Waals surface area contributed by atoms with E-state index in [2.05, 4.69) is 46.9 Å². The Morgan fingerprint density at radius 1 is 1.38 bits per heavy atom. The average molecular weight is 287 g/mol. The molecule has 21 heavy (non-hydrogen) atoms. The number of aryl methyl sites for hydroxylation is 1. The summed E-state index contributed by atoms with van der Waals surface area (Å²) in [7, 11) is 0. The maximum Gasteiger partial charge on any atom is 0.207 e. The van der Waals surface area contributed by atoms with Gasteiger partial charge in [0.05, 0.1) is 6.04 Å². The molecule has 0 fully saturated rings. The first-order valence-electron chi connectivity index (χ1n) is 6.91. The third-order valence-corrected chi connectivity index (χ3v) is 3.51. The minimum atomic E-state index is -0.0102. The molecule has 1 unspecified atom stereocenters. The van der Waals surface area contributed by atoms with Gasteiger partial charge in [-0.3, -0.25) is 4.79 Å². The van der Waals surface area contributed by atoms with Crippen LogP contribution in [0.3, 0.4) is 0 Å². The maximum absolute atomic E-state index is 10.2. The minimum absolute atomic E-state index is 0.0102. The zero-order valence-corrected chi connectivity index (χ0v) is 12.3. The fraction of sp³-hybridized carbons (Fsp3) is 0.333. The molecule has 1 aliphatic rings. The third-order valence-electron chi connectivity index (χ3n) is 3.51. The van der Waals surface area contributed by atoms with Crippen LogP contribution in [0.5, 0.6) is 0 Å². The number of amides is 1. The highest BCUT2D eigenvalue weighted by Gasteiger charge is 2.17. The summed E-state index contributed by atoms with van der Waals surface area (Å²) in [6.07, 6.45) is 2.67. The molecule has 1 amide bonds. The maximum atomic E-state index is 10.2. The van der Waals surface area contributed by atoms with Gasteiger partial charge in [0, 0.05) is 13.1 Å². The smallest absolute Gasteiger partial charge is 0.207 e. The number of nitrogens with two attached hydrogens (primary N) is 1. The first kappa shape index (κ1) is 14.9. The van der Waals surface area contributed by atoms with E-state index in [1.165, 1.54) is 16.7 Å². The molecule has 0 radical (unpaired) electrons. The lowest BCUT2D eigenvalue weighted by Crippen LogP contribution is -2.39. The summed E-state index contributed by atoms with van der Waals surface area (Å²) in [4.78, 5) is 14.4. The molecular formula is C15H21N5O. The lowest BCUT2D eigenvalue weighted by atomic mass is 9.97. The predicted molar refractivity (Wildman–Crippen MR) is 83.6 cm³/mol. The van der Waals surface area contributed by atoms with Gasteiger partial charge >= 0.3 is 0 Å². The van der Waals surface area contributed by atoms with Crippen molar-refractivity contribution >= 4 is 12.4 Å². The number of nitrogens with zero attached hydrogens (tertiary/aromatic N) is 1. The molecule has 1 aliphatic heterocycles. The second-order valence-electron chi connectivity index (χ2n) is 4.96. The molecule has 0 saturated carbocycles. The first-order chi connectivity index (χ1) is 10.1. The predicted octanol–water partition coefficient (Wildman–Crippen LogP) is 0.439. The standard InChI is InChI=1S/C15H21N5O/c1-10-4-3-5-12(11(10)2)13-8-14(20-15(16)19-13)18-7-6-17-9-21/h3-5,8-9,13,18H,6-7H2,1-2H3,(H,17,21)(H3,16,19,20). The Kier molecular flexibility index (Phi) is 4.81. The van der Waals surface area contributed by atoms with Crippen molar-refractivity contribution in [3.63, 3.8) is 0 Å². The van der Waals surface area contributed by atoms with Crippen molar-refractivity contribution in [3.8, 4) is 0 Å². The van der Waals surface area contributed by atoms with Crippen LogP contribution in [0.2, 0.25) is 0 Å². The van der Waals surface area contributed by atoms with Crippen molar-refractivity contribution in [2.75, 3.05) is 13.1 Å². The van der Waals surface area contributed by atoms with Crippen molar-refractivity contribution in [1.29, 1.82) is 0 Å². The molecule has 0 saturated heterocycles. The number of hydrogen-bond donors (Lipinski definition) is 4. The number of carbonyl (C=O) groups is 1. The summed E-state index contributed by atoms with van der Waals surface area (Å²) < 4.78 is 0. The van der Waals surface area contributed by atoms with E-state index in [1.807, 2.05) is 12.1 Å². The first-order valence-corrected chi connectivity index (χ1v) is 6.91. The SMILES string of the molecule is Cc1cccc(C2C=C(NCCNC=O)N=C(N)N2)c1C. The van der Waals surface area contributed by atoms with E-state index in [9.17, 15) is 4.79 Å². The molecule has 0 spiro atoms. The Balaban J connectivity index is 2.13. The lowest BCUT2D eigenvalue weighted by molar-refractivity contribution is -0.109. The average Bonchev–Trinajstić information content (AvgIpc) is 2.46. The molecular weight excluding hydrogens is 266 g/mol. The van der Waals surface area contributed by atoms with E-state index in [-0.39, 0.29) is 6.04 Å². The number of carbonyl (C=O) groups excluding carboxylic acids is 1. The van der Waals surface area contributed by atoms with E-state index in [4.69, 9.17) is 5.73 Å². The van der Waals surface area contributed by atoms with Crippen molar-refractivity contribution in [2.24, 2.45) is 10.7 Å². The zero-order chi connectivity index (χ0) is 15.2. The topological polar surface area (TPSA) is 91.5 Å². The highest BCUT2D eigenvalue weighted by atomic mass is 16.1. The van der Waals surface area contributed by atoms with E-state index in [0.29, 0.717) is 31.3 Å². The van der Waals surface area contributed by atoms with Gasteiger partial charge in [-0.15, -0.1) is 0 Å². The summed E-state index contributed by atoms with van der Waals surface area (Å²) >= 11 is 0. The van der Waals surface area contributed by atoms with Gasteiger partial charge in [-0.05, 0) is 36.6 Å². The fourth-order valence-corrected chi connectivity index (χ4v) is 2.26. The van der Waals surface area contributed by atoms with Crippen molar-refractivity contribution in [2.45, 2.75) is 19.9 Å².